The molecule has 14 rings (SSSR count). The van der Waals surface area contributed by atoms with Gasteiger partial charge in [-0.25, -0.2) is 0 Å². The second-order valence-electron chi connectivity index (χ2n) is 19.3. The molecule has 1 aliphatic heterocycles. The van der Waals surface area contributed by atoms with Gasteiger partial charge >= 0.3 is 0 Å². The van der Waals surface area contributed by atoms with E-state index in [0.29, 0.717) is 0 Å². The standard InChI is InChI=1S/C70H48N2OSi/c1-5-17-49(18-6-1)51-31-37-58(38-32-51)71(59-39-33-52(34-40-59)54-30-29-50-19-13-14-20-53(50)45-54)60-41-43-64-63-42-35-56(47-67(63)73-68(64)48-60)55-36-44-70-66(46-55)72(57-21-7-2-8-22-57)65-27-15-16-28-69(65)74(70,61-23-9-3-10-24-61)62-25-11-4-12-26-62/h1-48H. The van der Waals surface area contributed by atoms with Gasteiger partial charge in [-0.1, -0.05) is 206 Å². The highest BCUT2D eigenvalue weighted by Crippen LogP contribution is 2.43. The summed E-state index contributed by atoms with van der Waals surface area (Å²) in [6, 6.07) is 106. The van der Waals surface area contributed by atoms with E-state index in [4.69, 9.17) is 4.42 Å². The lowest BCUT2D eigenvalue weighted by Crippen LogP contribution is -2.77. The van der Waals surface area contributed by atoms with Crippen LogP contribution in [-0.4, -0.2) is 8.07 Å². The van der Waals surface area contributed by atoms with Crippen molar-refractivity contribution in [2.24, 2.45) is 0 Å². The van der Waals surface area contributed by atoms with Gasteiger partial charge in [-0.3, -0.25) is 0 Å². The topological polar surface area (TPSA) is 19.6 Å². The Morgan fingerprint density at radius 1 is 0.297 bits per heavy atom. The van der Waals surface area contributed by atoms with E-state index >= 15 is 0 Å². The Labute approximate surface area is 432 Å². The minimum absolute atomic E-state index is 0.840. The molecule has 0 atom stereocenters. The Kier molecular flexibility index (Phi) is 10.5. The molecule has 1 aliphatic rings. The largest absolute Gasteiger partial charge is 0.456 e. The first-order valence-electron chi connectivity index (χ1n) is 25.4. The fourth-order valence-corrected chi connectivity index (χ4v) is 16.7. The Balaban J connectivity index is 0.881. The summed E-state index contributed by atoms with van der Waals surface area (Å²) < 4.78 is 6.93. The molecule has 1 aromatic heterocycles. The number of nitrogens with zero attached hydrogens (tertiary/aromatic N) is 2. The van der Waals surface area contributed by atoms with Gasteiger partial charge in [-0.15, -0.1) is 0 Å². The highest BCUT2D eigenvalue weighted by Gasteiger charge is 2.48. The molecule has 0 bridgehead atoms. The molecule has 0 radical (unpaired) electrons. The van der Waals surface area contributed by atoms with E-state index in [0.717, 1.165) is 55.8 Å². The number of anilines is 6. The highest BCUT2D eigenvalue weighted by molar-refractivity contribution is 7.21. The van der Waals surface area contributed by atoms with Crippen LogP contribution < -0.4 is 30.5 Å². The van der Waals surface area contributed by atoms with E-state index < -0.39 is 8.07 Å². The van der Waals surface area contributed by atoms with E-state index in [1.807, 2.05) is 0 Å². The molecule has 348 valence electrons. The van der Waals surface area contributed by atoms with Crippen molar-refractivity contribution < 1.29 is 4.42 Å². The average Bonchev–Trinajstić information content (AvgIpc) is 3.88. The fraction of sp³-hybridized carbons (Fsp3) is 0. The van der Waals surface area contributed by atoms with Gasteiger partial charge in [-0.2, -0.15) is 0 Å². The molecule has 74 heavy (non-hydrogen) atoms. The third kappa shape index (κ3) is 7.26. The van der Waals surface area contributed by atoms with E-state index in [1.165, 1.54) is 65.1 Å². The van der Waals surface area contributed by atoms with Crippen LogP contribution >= 0.6 is 0 Å². The van der Waals surface area contributed by atoms with Crippen LogP contribution in [0.25, 0.3) is 66.1 Å². The van der Waals surface area contributed by atoms with E-state index in [1.54, 1.807) is 0 Å². The van der Waals surface area contributed by atoms with Crippen LogP contribution in [-0.2, 0) is 0 Å². The van der Waals surface area contributed by atoms with Crippen LogP contribution in [0.4, 0.5) is 34.1 Å². The zero-order valence-corrected chi connectivity index (χ0v) is 41.5. The lowest BCUT2D eigenvalue weighted by Gasteiger charge is -2.45. The molecular weight excluding hydrogens is 913 g/mol. The van der Waals surface area contributed by atoms with Crippen LogP contribution in [0.3, 0.4) is 0 Å². The molecule has 3 nitrogen and oxygen atoms in total. The third-order valence-electron chi connectivity index (χ3n) is 15.1. The number of fused-ring (bicyclic) bond motifs is 6. The Morgan fingerprint density at radius 2 is 0.757 bits per heavy atom. The molecular formula is C70H48N2OSi. The predicted octanol–water partition coefficient (Wildman–Crippen LogP) is 16.4. The summed E-state index contributed by atoms with van der Waals surface area (Å²) >= 11 is 0. The minimum atomic E-state index is -2.82. The van der Waals surface area contributed by atoms with Crippen molar-refractivity contribution in [2.75, 3.05) is 9.80 Å². The van der Waals surface area contributed by atoms with Crippen molar-refractivity contribution in [3.8, 4) is 33.4 Å². The number of rotatable bonds is 9. The highest BCUT2D eigenvalue weighted by atomic mass is 28.3. The molecule has 0 spiro atoms. The first kappa shape index (κ1) is 43.3. The summed E-state index contributed by atoms with van der Waals surface area (Å²) in [7, 11) is -2.82. The maximum absolute atomic E-state index is 6.93. The number of furan rings is 1. The van der Waals surface area contributed by atoms with Gasteiger partial charge in [0.1, 0.15) is 11.2 Å². The fourth-order valence-electron chi connectivity index (χ4n) is 11.6. The normalized spacial score (nSPS) is 12.7. The van der Waals surface area contributed by atoms with Crippen molar-refractivity contribution in [2.45, 2.75) is 0 Å². The number of hydrogen-bond acceptors (Lipinski definition) is 3. The van der Waals surface area contributed by atoms with Crippen LogP contribution in [0.5, 0.6) is 0 Å². The van der Waals surface area contributed by atoms with Gasteiger partial charge in [0.25, 0.3) is 0 Å². The Hall–Kier alpha value is -9.48. The average molecular weight is 961 g/mol. The van der Waals surface area contributed by atoms with Crippen molar-refractivity contribution in [3.63, 3.8) is 0 Å². The summed E-state index contributed by atoms with van der Waals surface area (Å²) in [5, 5.41) is 10.1. The van der Waals surface area contributed by atoms with E-state index in [2.05, 4.69) is 301 Å². The molecule has 13 aromatic rings. The maximum Gasteiger partial charge on any atom is 0.184 e. The summed E-state index contributed by atoms with van der Waals surface area (Å²) in [4.78, 5) is 4.81. The molecule has 2 heterocycles. The molecule has 12 aromatic carbocycles. The lowest BCUT2D eigenvalue weighted by atomic mass is 10.0. The first-order valence-corrected chi connectivity index (χ1v) is 27.4. The molecule has 0 saturated carbocycles. The van der Waals surface area contributed by atoms with Crippen molar-refractivity contribution in [1.82, 2.24) is 0 Å². The van der Waals surface area contributed by atoms with Crippen molar-refractivity contribution >= 4 is 95.7 Å². The summed E-state index contributed by atoms with van der Waals surface area (Å²) in [6.07, 6.45) is 0. The lowest BCUT2D eigenvalue weighted by molar-refractivity contribution is 0.669. The van der Waals surface area contributed by atoms with E-state index in [-0.39, 0.29) is 0 Å². The Bertz CT molecular complexity index is 4140. The quantitative estimate of drug-likeness (QED) is 0.134. The molecule has 0 saturated heterocycles. The zero-order chi connectivity index (χ0) is 49.0. The van der Waals surface area contributed by atoms with Gasteiger partial charge in [0.05, 0.1) is 0 Å². The van der Waals surface area contributed by atoms with Gasteiger partial charge in [-0.05, 0) is 144 Å². The maximum atomic E-state index is 6.93. The summed E-state index contributed by atoms with van der Waals surface area (Å²) in [5.74, 6) is 0. The minimum Gasteiger partial charge on any atom is -0.456 e. The van der Waals surface area contributed by atoms with Crippen LogP contribution in [0.1, 0.15) is 0 Å². The molecule has 0 amide bonds. The van der Waals surface area contributed by atoms with Crippen molar-refractivity contribution in [3.05, 3.63) is 291 Å². The van der Waals surface area contributed by atoms with Gasteiger partial charge < -0.3 is 14.2 Å². The van der Waals surface area contributed by atoms with Crippen LogP contribution in [0.2, 0.25) is 0 Å². The molecule has 0 aliphatic carbocycles. The summed E-state index contributed by atoms with van der Waals surface area (Å²) in [5.41, 5.74) is 15.4. The molecule has 0 N–H and O–H groups in total. The number of hydrogen-bond donors (Lipinski definition) is 0. The van der Waals surface area contributed by atoms with Crippen LogP contribution in [0.15, 0.2) is 296 Å². The second-order valence-corrected chi connectivity index (χ2v) is 23.0. The SMILES string of the molecule is c1ccc(-c2ccc(N(c3ccc(-c4ccc5ccccc5c4)cc3)c3ccc4c(c3)oc3cc(-c5ccc6c(c5)N(c5ccccc5)c5ccccc5[Si]6(c5ccccc5)c5ccccc5)ccc34)cc2)cc1. The summed E-state index contributed by atoms with van der Waals surface area (Å²) in [6.45, 7) is 0. The third-order valence-corrected chi connectivity index (χ3v) is 20.0. The smallest absolute Gasteiger partial charge is 0.184 e. The molecule has 0 unspecified atom stereocenters. The van der Waals surface area contributed by atoms with Gasteiger partial charge in [0.2, 0.25) is 0 Å². The van der Waals surface area contributed by atoms with E-state index in [9.17, 15) is 0 Å². The molecule has 0 fully saturated rings. The second kappa shape index (κ2) is 18.0. The monoisotopic (exact) mass is 960 g/mol. The van der Waals surface area contributed by atoms with Gasteiger partial charge in [0.15, 0.2) is 8.07 Å². The predicted molar refractivity (Wildman–Crippen MR) is 314 cm³/mol. The van der Waals surface area contributed by atoms with Crippen molar-refractivity contribution in [1.29, 1.82) is 0 Å². The zero-order valence-electron chi connectivity index (χ0n) is 40.5. The van der Waals surface area contributed by atoms with Crippen LogP contribution in [0, 0.1) is 0 Å². The molecule has 4 heteroatoms. The first-order chi connectivity index (χ1) is 36.7. The number of benzene rings is 12. The number of para-hydroxylation sites is 2. The Morgan fingerprint density at radius 3 is 1.45 bits per heavy atom. The van der Waals surface area contributed by atoms with Gasteiger partial charge in [0, 0.05) is 51.0 Å².